The Morgan fingerprint density at radius 2 is 1.81 bits per heavy atom. The van der Waals surface area contributed by atoms with Gasteiger partial charge in [-0.15, -0.1) is 0 Å². The Bertz CT molecular complexity index is 705. The number of carbonyl (C=O) groups is 2. The summed E-state index contributed by atoms with van der Waals surface area (Å²) in [7, 11) is 1.83. The van der Waals surface area contributed by atoms with E-state index in [9.17, 15) is 9.59 Å². The number of fused-ring (bicyclic) bond motifs is 1. The van der Waals surface area contributed by atoms with E-state index in [1.165, 1.54) is 24.8 Å². The fourth-order valence-corrected chi connectivity index (χ4v) is 5.26. The van der Waals surface area contributed by atoms with Crippen molar-refractivity contribution in [1.29, 1.82) is 0 Å². The molecule has 5 heteroatoms. The van der Waals surface area contributed by atoms with Crippen LogP contribution in [0.25, 0.3) is 0 Å². The molecule has 1 atom stereocenters. The minimum atomic E-state index is -0.316. The Morgan fingerprint density at radius 1 is 1.11 bits per heavy atom. The normalized spacial score (nSPS) is 25.3. The van der Waals surface area contributed by atoms with E-state index in [-0.39, 0.29) is 23.3 Å². The molecule has 2 aliphatic heterocycles. The molecule has 2 amide bonds. The monoisotopic (exact) mass is 369 g/mol. The van der Waals surface area contributed by atoms with Crippen LogP contribution in [0, 0.1) is 0 Å². The van der Waals surface area contributed by atoms with Gasteiger partial charge in [0, 0.05) is 31.6 Å². The van der Waals surface area contributed by atoms with Gasteiger partial charge >= 0.3 is 0 Å². The maximum Gasteiger partial charge on any atom is 0.240 e. The van der Waals surface area contributed by atoms with E-state index in [1.807, 2.05) is 25.2 Å². The van der Waals surface area contributed by atoms with Crippen molar-refractivity contribution in [2.45, 2.75) is 62.8 Å². The molecule has 27 heavy (non-hydrogen) atoms. The molecule has 3 aliphatic rings. The minimum absolute atomic E-state index is 0.0630. The lowest BCUT2D eigenvalue weighted by Gasteiger charge is -2.43. The largest absolute Gasteiger partial charge is 0.354 e. The molecule has 2 heterocycles. The predicted molar refractivity (Wildman–Crippen MR) is 107 cm³/mol. The Labute approximate surface area is 162 Å². The summed E-state index contributed by atoms with van der Waals surface area (Å²) in [5.74, 6) is 0.376. The van der Waals surface area contributed by atoms with Crippen LogP contribution in [0.4, 0.5) is 5.69 Å². The Kier molecular flexibility index (Phi) is 5.22. The van der Waals surface area contributed by atoms with Gasteiger partial charge < -0.3 is 10.2 Å². The lowest BCUT2D eigenvalue weighted by Crippen LogP contribution is -2.59. The molecular formula is C22H31N3O2. The SMILES string of the molecule is CN1C(=O)C[C@@H](CNC(=O)C2(N3CCCC3)CCCCC2)c2ccccc21. The molecule has 5 nitrogen and oxygen atoms in total. The zero-order valence-electron chi connectivity index (χ0n) is 16.4. The van der Waals surface area contributed by atoms with Gasteiger partial charge in [-0.1, -0.05) is 37.5 Å². The summed E-state index contributed by atoms with van der Waals surface area (Å²) in [5, 5.41) is 3.26. The third-order valence-electron chi connectivity index (χ3n) is 6.86. The molecule has 0 spiro atoms. The summed E-state index contributed by atoms with van der Waals surface area (Å²) in [5.41, 5.74) is 1.82. The highest BCUT2D eigenvalue weighted by molar-refractivity contribution is 5.96. The Morgan fingerprint density at radius 3 is 2.56 bits per heavy atom. The van der Waals surface area contributed by atoms with Crippen molar-refractivity contribution in [3.05, 3.63) is 29.8 Å². The molecule has 146 valence electrons. The van der Waals surface area contributed by atoms with Gasteiger partial charge in [0.05, 0.1) is 0 Å². The lowest BCUT2D eigenvalue weighted by molar-refractivity contribution is -0.135. The zero-order valence-corrected chi connectivity index (χ0v) is 16.4. The van der Waals surface area contributed by atoms with E-state index in [0.717, 1.165) is 44.5 Å². The molecule has 1 saturated heterocycles. The van der Waals surface area contributed by atoms with Gasteiger partial charge in [-0.05, 0) is 50.4 Å². The molecule has 1 aliphatic carbocycles. The number of para-hydroxylation sites is 1. The Balaban J connectivity index is 1.49. The maximum atomic E-state index is 13.4. The van der Waals surface area contributed by atoms with Crippen molar-refractivity contribution in [2.75, 3.05) is 31.6 Å². The molecular weight excluding hydrogens is 338 g/mol. The molecule has 1 saturated carbocycles. The molecule has 1 N–H and O–H groups in total. The first kappa shape index (κ1) is 18.5. The van der Waals surface area contributed by atoms with Crippen LogP contribution in [0.5, 0.6) is 0 Å². The second kappa shape index (κ2) is 7.63. The van der Waals surface area contributed by atoms with Crippen molar-refractivity contribution in [3.63, 3.8) is 0 Å². The fourth-order valence-electron chi connectivity index (χ4n) is 5.26. The number of nitrogens with one attached hydrogen (secondary N) is 1. The summed E-state index contributed by atoms with van der Waals surface area (Å²) >= 11 is 0. The van der Waals surface area contributed by atoms with Crippen molar-refractivity contribution in [2.24, 2.45) is 0 Å². The van der Waals surface area contributed by atoms with Gasteiger partial charge in [0.2, 0.25) is 11.8 Å². The van der Waals surface area contributed by atoms with E-state index >= 15 is 0 Å². The number of hydrogen-bond donors (Lipinski definition) is 1. The number of carbonyl (C=O) groups excluding carboxylic acids is 2. The van der Waals surface area contributed by atoms with E-state index in [2.05, 4.69) is 16.3 Å². The number of amides is 2. The maximum absolute atomic E-state index is 13.4. The van der Waals surface area contributed by atoms with Crippen molar-refractivity contribution in [1.82, 2.24) is 10.2 Å². The van der Waals surface area contributed by atoms with Crippen molar-refractivity contribution >= 4 is 17.5 Å². The van der Waals surface area contributed by atoms with Gasteiger partial charge in [-0.2, -0.15) is 0 Å². The number of benzene rings is 1. The number of likely N-dealkylation sites (tertiary alicyclic amines) is 1. The average Bonchev–Trinajstić information content (AvgIpc) is 3.25. The van der Waals surface area contributed by atoms with Gasteiger partial charge in [0.25, 0.3) is 0 Å². The average molecular weight is 370 g/mol. The Hall–Kier alpha value is -1.88. The highest BCUT2D eigenvalue weighted by atomic mass is 16.2. The first-order valence-electron chi connectivity index (χ1n) is 10.5. The van der Waals surface area contributed by atoms with Crippen molar-refractivity contribution in [3.8, 4) is 0 Å². The number of anilines is 1. The molecule has 0 bridgehead atoms. The topological polar surface area (TPSA) is 52.7 Å². The van der Waals surface area contributed by atoms with Crippen LogP contribution in [0.15, 0.2) is 24.3 Å². The molecule has 1 aromatic rings. The summed E-state index contributed by atoms with van der Waals surface area (Å²) in [4.78, 5) is 29.9. The quantitative estimate of drug-likeness (QED) is 0.887. The molecule has 1 aromatic carbocycles. The van der Waals surface area contributed by atoms with Crippen LogP contribution >= 0.6 is 0 Å². The van der Waals surface area contributed by atoms with E-state index < -0.39 is 0 Å². The van der Waals surface area contributed by atoms with Crippen LogP contribution < -0.4 is 10.2 Å². The third-order valence-corrected chi connectivity index (χ3v) is 6.86. The first-order chi connectivity index (χ1) is 13.1. The van der Waals surface area contributed by atoms with E-state index in [4.69, 9.17) is 0 Å². The standard InChI is InChI=1S/C22H31N3O2/c1-24-19-10-4-3-9-18(19)17(15-20(24)26)16-23-21(27)22(11-5-2-6-12-22)25-13-7-8-14-25/h3-4,9-10,17H,2,5-8,11-16H2,1H3,(H,23,27)/t17-/m0/s1. The van der Waals surface area contributed by atoms with Gasteiger partial charge in [0.1, 0.15) is 5.54 Å². The fraction of sp³-hybridized carbons (Fsp3) is 0.636. The van der Waals surface area contributed by atoms with Crippen LogP contribution in [0.2, 0.25) is 0 Å². The number of rotatable bonds is 4. The molecule has 0 aromatic heterocycles. The molecule has 0 unspecified atom stereocenters. The molecule has 0 radical (unpaired) electrons. The van der Waals surface area contributed by atoms with Crippen LogP contribution in [0.1, 0.15) is 62.8 Å². The lowest BCUT2D eigenvalue weighted by atomic mass is 9.79. The minimum Gasteiger partial charge on any atom is -0.354 e. The zero-order chi connectivity index (χ0) is 18.9. The molecule has 2 fully saturated rings. The summed E-state index contributed by atoms with van der Waals surface area (Å²) in [6.45, 7) is 2.64. The van der Waals surface area contributed by atoms with Gasteiger partial charge in [-0.3, -0.25) is 14.5 Å². The second-order valence-electron chi connectivity index (χ2n) is 8.41. The van der Waals surface area contributed by atoms with Crippen LogP contribution in [-0.2, 0) is 9.59 Å². The number of hydrogen-bond acceptors (Lipinski definition) is 3. The van der Waals surface area contributed by atoms with Gasteiger partial charge in [-0.25, -0.2) is 0 Å². The summed E-state index contributed by atoms with van der Waals surface area (Å²) in [6.07, 6.45) is 8.32. The predicted octanol–water partition coefficient (Wildman–Crippen LogP) is 3.05. The van der Waals surface area contributed by atoms with E-state index in [1.54, 1.807) is 4.90 Å². The first-order valence-corrected chi connectivity index (χ1v) is 10.5. The number of nitrogens with zero attached hydrogens (tertiary/aromatic N) is 2. The van der Waals surface area contributed by atoms with Crippen LogP contribution in [0.3, 0.4) is 0 Å². The second-order valence-corrected chi connectivity index (χ2v) is 8.41. The highest BCUT2D eigenvalue weighted by Gasteiger charge is 2.45. The third kappa shape index (κ3) is 3.38. The summed E-state index contributed by atoms with van der Waals surface area (Å²) in [6, 6.07) is 8.07. The van der Waals surface area contributed by atoms with Crippen LogP contribution in [-0.4, -0.2) is 48.9 Å². The van der Waals surface area contributed by atoms with Crippen molar-refractivity contribution < 1.29 is 9.59 Å². The smallest absolute Gasteiger partial charge is 0.240 e. The summed E-state index contributed by atoms with van der Waals surface area (Å²) < 4.78 is 0. The van der Waals surface area contributed by atoms with Gasteiger partial charge in [0.15, 0.2) is 0 Å². The molecule has 4 rings (SSSR count). The van der Waals surface area contributed by atoms with E-state index in [0.29, 0.717) is 13.0 Å². The highest BCUT2D eigenvalue weighted by Crippen LogP contribution is 2.37.